The molecule has 5 nitrogen and oxygen atoms in total. The fraction of sp³-hybridized carbons (Fsp3) is 0.588. The van der Waals surface area contributed by atoms with Crippen molar-refractivity contribution in [3.63, 3.8) is 0 Å². The largest absolute Gasteiger partial charge is 0.492 e. The van der Waals surface area contributed by atoms with Crippen molar-refractivity contribution in [3.05, 3.63) is 29.8 Å². The first kappa shape index (κ1) is 18.5. The molecule has 22 heavy (non-hydrogen) atoms. The summed E-state index contributed by atoms with van der Waals surface area (Å²) in [6.07, 6.45) is 0. The van der Waals surface area contributed by atoms with E-state index in [2.05, 4.69) is 37.5 Å². The van der Waals surface area contributed by atoms with Crippen LogP contribution in [0.15, 0.2) is 24.3 Å². The van der Waals surface area contributed by atoms with Gasteiger partial charge in [-0.05, 0) is 23.1 Å². The fourth-order valence-corrected chi connectivity index (χ4v) is 1.85. The summed E-state index contributed by atoms with van der Waals surface area (Å²) in [4.78, 5) is 11.5. The molecule has 124 valence electrons. The van der Waals surface area contributed by atoms with E-state index in [0.29, 0.717) is 32.8 Å². The Balaban J connectivity index is 2.23. The third-order valence-corrected chi connectivity index (χ3v) is 3.16. The van der Waals surface area contributed by atoms with Crippen LogP contribution >= 0.6 is 0 Å². The average Bonchev–Trinajstić information content (AvgIpc) is 2.48. The molecule has 0 heterocycles. The number of methoxy groups -OCH3 is 1. The highest BCUT2D eigenvalue weighted by molar-refractivity contribution is 5.77. The molecule has 0 spiro atoms. The van der Waals surface area contributed by atoms with Crippen molar-refractivity contribution in [3.8, 4) is 5.75 Å². The standard InChI is InChI=1S/C17H28N2O3/c1-17(2,3)14-6-5-7-15(12-14)22-11-9-19-16(20)13-18-8-10-21-4/h5-7,12,18H,8-11,13H2,1-4H3,(H,19,20). The molecule has 1 amide bonds. The molecular formula is C17H28N2O3. The highest BCUT2D eigenvalue weighted by Gasteiger charge is 2.13. The van der Waals surface area contributed by atoms with Crippen molar-refractivity contribution in [2.45, 2.75) is 26.2 Å². The molecule has 0 aliphatic carbocycles. The lowest BCUT2D eigenvalue weighted by Gasteiger charge is -2.19. The highest BCUT2D eigenvalue weighted by atomic mass is 16.5. The molecule has 0 aliphatic heterocycles. The van der Waals surface area contributed by atoms with Crippen molar-refractivity contribution in [2.24, 2.45) is 0 Å². The Kier molecular flexibility index (Phi) is 7.91. The van der Waals surface area contributed by atoms with Gasteiger partial charge in [0.2, 0.25) is 5.91 Å². The number of ether oxygens (including phenoxy) is 2. The Bertz CT molecular complexity index is 455. The van der Waals surface area contributed by atoms with Crippen molar-refractivity contribution in [2.75, 3.05) is 40.0 Å². The van der Waals surface area contributed by atoms with E-state index in [0.717, 1.165) is 5.75 Å². The molecular weight excluding hydrogens is 280 g/mol. The number of amides is 1. The molecule has 0 aliphatic rings. The summed E-state index contributed by atoms with van der Waals surface area (Å²) >= 11 is 0. The Morgan fingerprint density at radius 2 is 1.95 bits per heavy atom. The van der Waals surface area contributed by atoms with Crippen LogP contribution in [0.4, 0.5) is 0 Å². The normalized spacial score (nSPS) is 11.3. The van der Waals surface area contributed by atoms with Crippen LogP contribution in [-0.2, 0) is 14.9 Å². The predicted octanol–water partition coefficient (Wildman–Crippen LogP) is 1.72. The van der Waals surface area contributed by atoms with Gasteiger partial charge in [-0.2, -0.15) is 0 Å². The molecule has 1 aromatic rings. The predicted molar refractivity (Wildman–Crippen MR) is 88.4 cm³/mol. The van der Waals surface area contributed by atoms with Gasteiger partial charge in [0.15, 0.2) is 0 Å². The lowest BCUT2D eigenvalue weighted by atomic mass is 9.87. The maximum Gasteiger partial charge on any atom is 0.234 e. The lowest BCUT2D eigenvalue weighted by Crippen LogP contribution is -2.37. The molecule has 0 bridgehead atoms. The zero-order valence-corrected chi connectivity index (χ0v) is 14.1. The van der Waals surface area contributed by atoms with Crippen LogP contribution in [0, 0.1) is 0 Å². The fourth-order valence-electron chi connectivity index (χ4n) is 1.85. The van der Waals surface area contributed by atoms with Crippen molar-refractivity contribution in [1.82, 2.24) is 10.6 Å². The molecule has 0 radical (unpaired) electrons. The maximum absolute atomic E-state index is 11.5. The second-order valence-corrected chi connectivity index (χ2v) is 6.15. The average molecular weight is 308 g/mol. The summed E-state index contributed by atoms with van der Waals surface area (Å²) in [5.41, 5.74) is 1.33. The first-order valence-corrected chi connectivity index (χ1v) is 7.63. The van der Waals surface area contributed by atoms with Gasteiger partial charge in [-0.25, -0.2) is 0 Å². The summed E-state index contributed by atoms with van der Waals surface area (Å²) < 4.78 is 10.6. The zero-order chi connectivity index (χ0) is 16.4. The number of carbonyl (C=O) groups is 1. The Hall–Kier alpha value is -1.59. The van der Waals surface area contributed by atoms with Gasteiger partial charge in [0.25, 0.3) is 0 Å². The van der Waals surface area contributed by atoms with Gasteiger partial charge in [-0.1, -0.05) is 32.9 Å². The number of nitrogens with one attached hydrogen (secondary N) is 2. The molecule has 0 atom stereocenters. The second kappa shape index (κ2) is 9.43. The summed E-state index contributed by atoms with van der Waals surface area (Å²) in [6.45, 7) is 9.01. The molecule has 0 saturated carbocycles. The van der Waals surface area contributed by atoms with Gasteiger partial charge < -0.3 is 20.1 Å². The Morgan fingerprint density at radius 3 is 2.64 bits per heavy atom. The topological polar surface area (TPSA) is 59.6 Å². The molecule has 1 rings (SSSR count). The molecule has 5 heteroatoms. The van der Waals surface area contributed by atoms with Crippen LogP contribution in [0.1, 0.15) is 26.3 Å². The van der Waals surface area contributed by atoms with Gasteiger partial charge in [0.05, 0.1) is 19.7 Å². The van der Waals surface area contributed by atoms with Gasteiger partial charge in [0, 0.05) is 13.7 Å². The van der Waals surface area contributed by atoms with E-state index >= 15 is 0 Å². The Labute approximate surface area is 133 Å². The van der Waals surface area contributed by atoms with Gasteiger partial charge in [0.1, 0.15) is 12.4 Å². The maximum atomic E-state index is 11.5. The quantitative estimate of drug-likeness (QED) is 0.682. The SMILES string of the molecule is COCCNCC(=O)NCCOc1cccc(C(C)(C)C)c1. The van der Waals surface area contributed by atoms with Crippen LogP contribution in [0.3, 0.4) is 0 Å². The van der Waals surface area contributed by atoms with E-state index in [-0.39, 0.29) is 11.3 Å². The highest BCUT2D eigenvalue weighted by Crippen LogP contribution is 2.25. The summed E-state index contributed by atoms with van der Waals surface area (Å²) in [5, 5.41) is 5.80. The molecule has 1 aromatic carbocycles. The van der Waals surface area contributed by atoms with Crippen molar-refractivity contribution >= 4 is 5.91 Å². The van der Waals surface area contributed by atoms with Crippen LogP contribution in [0.25, 0.3) is 0 Å². The third-order valence-electron chi connectivity index (χ3n) is 3.16. The minimum absolute atomic E-state index is 0.0388. The second-order valence-electron chi connectivity index (χ2n) is 6.15. The first-order valence-electron chi connectivity index (χ1n) is 7.63. The first-order chi connectivity index (χ1) is 10.4. The van der Waals surface area contributed by atoms with E-state index in [4.69, 9.17) is 9.47 Å². The summed E-state index contributed by atoms with van der Waals surface area (Å²) in [5.74, 6) is 0.794. The molecule has 0 fully saturated rings. The summed E-state index contributed by atoms with van der Waals surface area (Å²) in [7, 11) is 1.63. The Morgan fingerprint density at radius 1 is 1.18 bits per heavy atom. The lowest BCUT2D eigenvalue weighted by molar-refractivity contribution is -0.120. The van der Waals surface area contributed by atoms with E-state index in [9.17, 15) is 4.79 Å². The van der Waals surface area contributed by atoms with Crippen LogP contribution in [0.2, 0.25) is 0 Å². The van der Waals surface area contributed by atoms with E-state index in [1.807, 2.05) is 18.2 Å². The molecule has 0 unspecified atom stereocenters. The third kappa shape index (κ3) is 7.43. The van der Waals surface area contributed by atoms with E-state index in [1.165, 1.54) is 5.56 Å². The number of hydrogen-bond acceptors (Lipinski definition) is 4. The van der Waals surface area contributed by atoms with Gasteiger partial charge in [-0.15, -0.1) is 0 Å². The van der Waals surface area contributed by atoms with Crippen molar-refractivity contribution in [1.29, 1.82) is 0 Å². The van der Waals surface area contributed by atoms with Crippen LogP contribution < -0.4 is 15.4 Å². The van der Waals surface area contributed by atoms with Gasteiger partial charge in [-0.3, -0.25) is 4.79 Å². The number of carbonyl (C=O) groups excluding carboxylic acids is 1. The number of rotatable bonds is 9. The molecule has 2 N–H and O–H groups in total. The van der Waals surface area contributed by atoms with Crippen molar-refractivity contribution < 1.29 is 14.3 Å². The molecule has 0 aromatic heterocycles. The zero-order valence-electron chi connectivity index (χ0n) is 14.1. The minimum atomic E-state index is -0.0388. The summed E-state index contributed by atoms with van der Waals surface area (Å²) in [6, 6.07) is 8.08. The van der Waals surface area contributed by atoms with Crippen LogP contribution in [0.5, 0.6) is 5.75 Å². The van der Waals surface area contributed by atoms with Crippen LogP contribution in [-0.4, -0.2) is 45.9 Å². The van der Waals surface area contributed by atoms with Gasteiger partial charge >= 0.3 is 0 Å². The number of benzene rings is 1. The monoisotopic (exact) mass is 308 g/mol. The molecule has 0 saturated heterocycles. The van der Waals surface area contributed by atoms with E-state index in [1.54, 1.807) is 7.11 Å². The smallest absolute Gasteiger partial charge is 0.234 e. The van der Waals surface area contributed by atoms with E-state index < -0.39 is 0 Å². The number of hydrogen-bond donors (Lipinski definition) is 2. The minimum Gasteiger partial charge on any atom is -0.492 e.